The molecule has 96 valence electrons. The molecule has 9 heteroatoms. The summed E-state index contributed by atoms with van der Waals surface area (Å²) in [6, 6.07) is 0. The van der Waals surface area contributed by atoms with Crippen molar-refractivity contribution >= 4 is 18.5 Å². The summed E-state index contributed by atoms with van der Waals surface area (Å²) in [6.07, 6.45) is -3.75. The molecule has 17 heavy (non-hydrogen) atoms. The summed E-state index contributed by atoms with van der Waals surface area (Å²) in [6.45, 7) is -0.730. The van der Waals surface area contributed by atoms with Gasteiger partial charge < -0.3 is 29.5 Å². The van der Waals surface area contributed by atoms with Gasteiger partial charge in [0.05, 0.1) is 0 Å². The first-order valence-corrected chi connectivity index (χ1v) is 4.23. The molecule has 0 saturated heterocycles. The molecule has 0 aromatic rings. The Kier molecular flexibility index (Phi) is 6.67. The second kappa shape index (κ2) is 7.79. The molecule has 0 aliphatic carbocycles. The van der Waals surface area contributed by atoms with Crippen molar-refractivity contribution in [2.75, 3.05) is 13.2 Å². The molecule has 0 bridgehead atoms. The Morgan fingerprint density at radius 1 is 0.941 bits per heavy atom. The fourth-order valence-corrected chi connectivity index (χ4v) is 0.752. The molecule has 0 spiro atoms. The lowest BCUT2D eigenvalue weighted by molar-refractivity contribution is 0.0840. The first-order chi connectivity index (χ1) is 7.91. The van der Waals surface area contributed by atoms with Gasteiger partial charge in [-0.05, 0) is 6.08 Å². The van der Waals surface area contributed by atoms with Gasteiger partial charge in [-0.25, -0.2) is 14.4 Å². The third kappa shape index (κ3) is 9.85. The Hall–Kier alpha value is -2.45. The molecule has 0 aromatic carbocycles. The summed E-state index contributed by atoms with van der Waals surface area (Å²) in [5.41, 5.74) is 0. The molecule has 3 N–H and O–H groups in total. The van der Waals surface area contributed by atoms with Crippen LogP contribution in [0.3, 0.4) is 0 Å². The first kappa shape index (κ1) is 14.6. The van der Waals surface area contributed by atoms with E-state index in [9.17, 15) is 14.4 Å². The second-order valence-electron chi connectivity index (χ2n) is 2.48. The minimum atomic E-state index is -1.61. The number of ether oxygens (including phenoxy) is 3. The Morgan fingerprint density at radius 3 is 2.00 bits per heavy atom. The van der Waals surface area contributed by atoms with E-state index >= 15 is 0 Å². The van der Waals surface area contributed by atoms with Gasteiger partial charge in [0.2, 0.25) is 0 Å². The van der Waals surface area contributed by atoms with E-state index in [-0.39, 0.29) is 18.8 Å². The summed E-state index contributed by atoms with van der Waals surface area (Å²) in [5.74, 6) is -0.167. The van der Waals surface area contributed by atoms with Crippen molar-refractivity contribution in [1.82, 2.24) is 0 Å². The molecule has 0 radical (unpaired) electrons. The van der Waals surface area contributed by atoms with Gasteiger partial charge in [0.25, 0.3) is 0 Å². The normalized spacial score (nSPS) is 10.5. The summed E-state index contributed by atoms with van der Waals surface area (Å²) < 4.78 is 12.5. The van der Waals surface area contributed by atoms with Crippen LogP contribution in [-0.2, 0) is 14.2 Å². The topological polar surface area (TPSA) is 140 Å². The number of hydrogen-bond donors (Lipinski definition) is 3. The largest absolute Gasteiger partial charge is 0.511 e. The average Bonchev–Trinajstić information content (AvgIpc) is 2.15. The van der Waals surface area contributed by atoms with Crippen LogP contribution in [0.4, 0.5) is 14.4 Å². The predicted octanol–water partition coefficient (Wildman–Crippen LogP) is 1.34. The van der Waals surface area contributed by atoms with E-state index in [0.29, 0.717) is 0 Å². The van der Waals surface area contributed by atoms with Crippen molar-refractivity contribution in [3.05, 3.63) is 11.8 Å². The Bertz CT molecular complexity index is 319. The minimum absolute atomic E-state index is 0.151. The zero-order chi connectivity index (χ0) is 13.3. The molecule has 9 nitrogen and oxygen atoms in total. The minimum Gasteiger partial charge on any atom is -0.450 e. The highest BCUT2D eigenvalue weighted by Crippen LogP contribution is 2.05. The highest BCUT2D eigenvalue weighted by molar-refractivity contribution is 5.59. The standard InChI is InChI=1S/C8H10O9/c9-6(10)15-3-1-5(17-8(13)14)2-4-16-7(11)12/h1H,2-4H2,(H,9,10)(H,11,12)(H,13,14). The zero-order valence-corrected chi connectivity index (χ0v) is 8.49. The molecular weight excluding hydrogens is 240 g/mol. The third-order valence-electron chi connectivity index (χ3n) is 1.31. The van der Waals surface area contributed by atoms with Crippen molar-refractivity contribution in [1.29, 1.82) is 0 Å². The van der Waals surface area contributed by atoms with E-state index in [4.69, 9.17) is 15.3 Å². The van der Waals surface area contributed by atoms with Crippen molar-refractivity contribution in [2.24, 2.45) is 0 Å². The lowest BCUT2D eigenvalue weighted by Gasteiger charge is -2.05. The summed E-state index contributed by atoms with van der Waals surface area (Å²) in [4.78, 5) is 30.2. The lowest BCUT2D eigenvalue weighted by Crippen LogP contribution is -2.08. The zero-order valence-electron chi connectivity index (χ0n) is 8.49. The summed E-state index contributed by atoms with van der Waals surface area (Å²) in [7, 11) is 0. The van der Waals surface area contributed by atoms with E-state index in [1.54, 1.807) is 0 Å². The van der Waals surface area contributed by atoms with Crippen LogP contribution in [0.5, 0.6) is 0 Å². The Morgan fingerprint density at radius 2 is 1.53 bits per heavy atom. The maximum atomic E-state index is 10.2. The fraction of sp³-hybridized carbons (Fsp3) is 0.375. The van der Waals surface area contributed by atoms with Crippen LogP contribution in [0, 0.1) is 0 Å². The fourth-order valence-electron chi connectivity index (χ4n) is 0.752. The monoisotopic (exact) mass is 250 g/mol. The van der Waals surface area contributed by atoms with Crippen molar-refractivity contribution in [3.63, 3.8) is 0 Å². The smallest absolute Gasteiger partial charge is 0.450 e. The predicted molar refractivity (Wildman–Crippen MR) is 49.8 cm³/mol. The third-order valence-corrected chi connectivity index (χ3v) is 1.31. The van der Waals surface area contributed by atoms with Gasteiger partial charge >= 0.3 is 18.5 Å². The van der Waals surface area contributed by atoms with Crippen molar-refractivity contribution in [2.45, 2.75) is 6.42 Å². The van der Waals surface area contributed by atoms with E-state index in [1.807, 2.05) is 0 Å². The molecule has 0 saturated carbocycles. The molecule has 0 heterocycles. The van der Waals surface area contributed by atoms with Crippen molar-refractivity contribution < 1.29 is 43.9 Å². The molecular formula is C8H10O9. The summed E-state index contributed by atoms with van der Waals surface area (Å²) in [5, 5.41) is 24.6. The molecule has 0 atom stereocenters. The molecule has 0 amide bonds. The molecule has 0 aliphatic heterocycles. The number of rotatable bonds is 6. The molecule has 0 fully saturated rings. The quantitative estimate of drug-likeness (QED) is 0.361. The second-order valence-corrected chi connectivity index (χ2v) is 2.48. The molecule has 0 aromatic heterocycles. The highest BCUT2D eigenvalue weighted by atomic mass is 16.7. The van der Waals surface area contributed by atoms with Crippen LogP contribution >= 0.6 is 0 Å². The van der Waals surface area contributed by atoms with Gasteiger partial charge in [0.1, 0.15) is 19.0 Å². The van der Waals surface area contributed by atoms with Crippen LogP contribution in [0.2, 0.25) is 0 Å². The Balaban J connectivity index is 4.16. The highest BCUT2D eigenvalue weighted by Gasteiger charge is 2.07. The first-order valence-electron chi connectivity index (χ1n) is 4.23. The lowest BCUT2D eigenvalue weighted by atomic mass is 10.3. The maximum absolute atomic E-state index is 10.2. The van der Waals surface area contributed by atoms with Gasteiger partial charge in [-0.3, -0.25) is 0 Å². The Labute approximate surface area is 94.8 Å². The van der Waals surface area contributed by atoms with Gasteiger partial charge in [-0.1, -0.05) is 0 Å². The summed E-state index contributed by atoms with van der Waals surface area (Å²) >= 11 is 0. The van der Waals surface area contributed by atoms with Gasteiger partial charge in [0, 0.05) is 6.42 Å². The molecule has 0 rings (SSSR count). The molecule has 0 aliphatic rings. The number of carboxylic acid groups (broad SMARTS) is 3. The SMILES string of the molecule is O=C(O)OCC=C(CCOC(=O)O)OC(=O)O. The van der Waals surface area contributed by atoms with Crippen LogP contribution in [0.25, 0.3) is 0 Å². The van der Waals surface area contributed by atoms with E-state index in [1.165, 1.54) is 0 Å². The maximum Gasteiger partial charge on any atom is 0.511 e. The van der Waals surface area contributed by atoms with Gasteiger partial charge in [-0.2, -0.15) is 0 Å². The van der Waals surface area contributed by atoms with E-state index in [2.05, 4.69) is 14.2 Å². The number of carbonyl (C=O) groups is 3. The molecule has 0 unspecified atom stereocenters. The van der Waals surface area contributed by atoms with Crippen molar-refractivity contribution in [3.8, 4) is 0 Å². The van der Waals surface area contributed by atoms with Crippen LogP contribution in [0.1, 0.15) is 6.42 Å². The van der Waals surface area contributed by atoms with Gasteiger partial charge in [-0.15, -0.1) is 0 Å². The van der Waals surface area contributed by atoms with Gasteiger partial charge in [0.15, 0.2) is 0 Å². The average molecular weight is 250 g/mol. The van der Waals surface area contributed by atoms with Crippen LogP contribution in [0.15, 0.2) is 11.8 Å². The van der Waals surface area contributed by atoms with Crippen LogP contribution < -0.4 is 0 Å². The number of hydrogen-bond acceptors (Lipinski definition) is 6. The van der Waals surface area contributed by atoms with E-state index in [0.717, 1.165) is 6.08 Å². The van der Waals surface area contributed by atoms with Crippen LogP contribution in [-0.4, -0.2) is 47.0 Å². The van der Waals surface area contributed by atoms with E-state index < -0.39 is 25.1 Å².